The minimum absolute atomic E-state index is 0.0176. The first-order valence-electron chi connectivity index (χ1n) is 9.88. The molecule has 3 heterocycles. The standard InChI is InChI=1S/C21H25N3O3S/c25-20(23-10-4-8-17(15-23)19-22-9-13-28-19)18(14-16-6-2-1-3-7-16)24-11-5-12-27-21(24)26/h1-3,6-7,9,13,17-18H,4-5,8,10-12,14-15H2/t17-,18-/m1/s1. The highest BCUT2D eigenvalue weighted by molar-refractivity contribution is 7.09. The number of carbonyl (C=O) groups excluding carboxylic acids is 2. The summed E-state index contributed by atoms with van der Waals surface area (Å²) >= 11 is 1.65. The van der Waals surface area contributed by atoms with Gasteiger partial charge in [-0.1, -0.05) is 30.3 Å². The molecule has 148 valence electrons. The molecule has 0 bridgehead atoms. The SMILES string of the molecule is O=C([C@@H](Cc1ccccc1)N1CCCOC1=O)N1CCC[C@@H](c2nccs2)C1. The van der Waals surface area contributed by atoms with Crippen molar-refractivity contribution >= 4 is 23.3 Å². The number of carbonyl (C=O) groups is 2. The second-order valence-electron chi connectivity index (χ2n) is 7.36. The molecule has 2 aliphatic rings. The van der Waals surface area contributed by atoms with Crippen LogP contribution in [0.3, 0.4) is 0 Å². The maximum absolute atomic E-state index is 13.5. The first kappa shape index (κ1) is 18.9. The predicted octanol–water partition coefficient (Wildman–Crippen LogP) is 3.30. The number of thiazole rings is 1. The molecule has 1 aromatic carbocycles. The van der Waals surface area contributed by atoms with Gasteiger partial charge in [-0.3, -0.25) is 9.69 Å². The zero-order valence-electron chi connectivity index (χ0n) is 15.8. The molecule has 28 heavy (non-hydrogen) atoms. The van der Waals surface area contributed by atoms with E-state index in [0.29, 0.717) is 26.1 Å². The zero-order chi connectivity index (χ0) is 19.3. The second-order valence-corrected chi connectivity index (χ2v) is 8.29. The van der Waals surface area contributed by atoms with Crippen LogP contribution in [0.25, 0.3) is 0 Å². The van der Waals surface area contributed by atoms with Crippen LogP contribution in [0, 0.1) is 0 Å². The maximum atomic E-state index is 13.5. The van der Waals surface area contributed by atoms with Crippen LogP contribution in [-0.4, -0.2) is 59.1 Å². The first-order chi connectivity index (χ1) is 13.7. The van der Waals surface area contributed by atoms with E-state index in [0.717, 1.165) is 36.4 Å². The van der Waals surface area contributed by atoms with Gasteiger partial charge in [0.25, 0.3) is 0 Å². The molecule has 2 aromatic rings. The lowest BCUT2D eigenvalue weighted by atomic mass is 9.96. The Kier molecular flexibility index (Phi) is 5.90. The zero-order valence-corrected chi connectivity index (χ0v) is 16.6. The third-order valence-electron chi connectivity index (χ3n) is 5.47. The van der Waals surface area contributed by atoms with Crippen LogP contribution in [0.4, 0.5) is 4.79 Å². The first-order valence-corrected chi connectivity index (χ1v) is 10.8. The van der Waals surface area contributed by atoms with E-state index in [1.165, 1.54) is 0 Å². The van der Waals surface area contributed by atoms with Gasteiger partial charge in [-0.05, 0) is 24.8 Å². The van der Waals surface area contributed by atoms with Crippen LogP contribution in [0.15, 0.2) is 41.9 Å². The van der Waals surface area contributed by atoms with Gasteiger partial charge in [-0.25, -0.2) is 9.78 Å². The Hall–Kier alpha value is -2.41. The lowest BCUT2D eigenvalue weighted by Gasteiger charge is -2.39. The summed E-state index contributed by atoms with van der Waals surface area (Å²) in [5.41, 5.74) is 1.05. The highest BCUT2D eigenvalue weighted by atomic mass is 32.1. The molecule has 2 amide bonds. The Bertz CT molecular complexity index is 796. The molecule has 7 heteroatoms. The van der Waals surface area contributed by atoms with Gasteiger partial charge >= 0.3 is 6.09 Å². The summed E-state index contributed by atoms with van der Waals surface area (Å²) in [5, 5.41) is 3.08. The molecule has 1 aromatic heterocycles. The average Bonchev–Trinajstić information content (AvgIpc) is 3.28. The van der Waals surface area contributed by atoms with E-state index in [1.807, 2.05) is 46.8 Å². The smallest absolute Gasteiger partial charge is 0.410 e. The quantitative estimate of drug-likeness (QED) is 0.774. The largest absolute Gasteiger partial charge is 0.449 e. The van der Waals surface area contributed by atoms with Crippen LogP contribution in [0.5, 0.6) is 0 Å². The van der Waals surface area contributed by atoms with E-state index in [1.54, 1.807) is 16.2 Å². The lowest BCUT2D eigenvalue weighted by molar-refractivity contribution is -0.138. The summed E-state index contributed by atoms with van der Waals surface area (Å²) in [5.74, 6) is 0.298. The minimum atomic E-state index is -0.523. The molecule has 0 saturated carbocycles. The number of nitrogens with zero attached hydrogens (tertiary/aromatic N) is 3. The van der Waals surface area contributed by atoms with E-state index in [4.69, 9.17) is 4.74 Å². The molecule has 4 rings (SSSR count). The molecule has 0 spiro atoms. The van der Waals surface area contributed by atoms with Crippen LogP contribution >= 0.6 is 11.3 Å². The third kappa shape index (κ3) is 4.19. The molecule has 2 atom stereocenters. The molecule has 0 radical (unpaired) electrons. The van der Waals surface area contributed by atoms with Crippen LogP contribution in [-0.2, 0) is 16.0 Å². The normalized spacial score (nSPS) is 21.3. The Morgan fingerprint density at radius 3 is 2.86 bits per heavy atom. The molecule has 0 unspecified atom stereocenters. The van der Waals surface area contributed by atoms with E-state index < -0.39 is 6.04 Å². The molecular formula is C21H25N3O3S. The van der Waals surface area contributed by atoms with Gasteiger partial charge in [0.1, 0.15) is 6.04 Å². The maximum Gasteiger partial charge on any atom is 0.410 e. The molecular weight excluding hydrogens is 374 g/mol. The number of benzene rings is 1. The molecule has 2 fully saturated rings. The Morgan fingerprint density at radius 1 is 1.25 bits per heavy atom. The van der Waals surface area contributed by atoms with Crippen molar-refractivity contribution < 1.29 is 14.3 Å². The Balaban J connectivity index is 1.54. The van der Waals surface area contributed by atoms with E-state index >= 15 is 0 Å². The highest BCUT2D eigenvalue weighted by Crippen LogP contribution is 2.29. The van der Waals surface area contributed by atoms with Gasteiger partial charge in [0.05, 0.1) is 11.6 Å². The molecule has 0 aliphatic carbocycles. The third-order valence-corrected chi connectivity index (χ3v) is 6.41. The van der Waals surface area contributed by atoms with Crippen molar-refractivity contribution in [3.63, 3.8) is 0 Å². The average molecular weight is 400 g/mol. The number of amides is 2. The van der Waals surface area contributed by atoms with Crippen molar-refractivity contribution in [1.82, 2.24) is 14.8 Å². The number of aromatic nitrogens is 1. The minimum Gasteiger partial charge on any atom is -0.449 e. The van der Waals surface area contributed by atoms with Gasteiger partial charge in [-0.15, -0.1) is 11.3 Å². The number of rotatable bonds is 5. The van der Waals surface area contributed by atoms with Gasteiger partial charge in [0.15, 0.2) is 0 Å². The van der Waals surface area contributed by atoms with Gasteiger partial charge < -0.3 is 9.64 Å². The van der Waals surface area contributed by atoms with E-state index in [2.05, 4.69) is 4.98 Å². The lowest BCUT2D eigenvalue weighted by Crippen LogP contribution is -2.55. The van der Waals surface area contributed by atoms with Crippen LogP contribution < -0.4 is 0 Å². The summed E-state index contributed by atoms with van der Waals surface area (Å²) < 4.78 is 5.23. The topological polar surface area (TPSA) is 62.7 Å². The highest BCUT2D eigenvalue weighted by Gasteiger charge is 2.37. The van der Waals surface area contributed by atoms with Crippen molar-refractivity contribution in [2.45, 2.75) is 37.6 Å². The molecule has 2 saturated heterocycles. The van der Waals surface area contributed by atoms with Gasteiger partial charge in [0.2, 0.25) is 5.91 Å². The van der Waals surface area contributed by atoms with Crippen molar-refractivity contribution in [2.24, 2.45) is 0 Å². The number of hydrogen-bond donors (Lipinski definition) is 0. The number of piperidine rings is 1. The summed E-state index contributed by atoms with van der Waals surface area (Å²) in [6, 6.07) is 9.37. The summed E-state index contributed by atoms with van der Waals surface area (Å²) in [6.07, 6.45) is 4.71. The van der Waals surface area contributed by atoms with Crippen LogP contribution in [0.2, 0.25) is 0 Å². The van der Waals surface area contributed by atoms with Crippen molar-refractivity contribution in [2.75, 3.05) is 26.2 Å². The summed E-state index contributed by atoms with van der Waals surface area (Å²) in [7, 11) is 0. The number of cyclic esters (lactones) is 1. The fraction of sp³-hybridized carbons (Fsp3) is 0.476. The van der Waals surface area contributed by atoms with Gasteiger partial charge in [-0.2, -0.15) is 0 Å². The van der Waals surface area contributed by atoms with Crippen molar-refractivity contribution in [1.29, 1.82) is 0 Å². The molecule has 6 nitrogen and oxygen atoms in total. The van der Waals surface area contributed by atoms with Crippen molar-refractivity contribution in [3.8, 4) is 0 Å². The second kappa shape index (κ2) is 8.73. The van der Waals surface area contributed by atoms with Gasteiger partial charge in [0, 0.05) is 43.5 Å². The monoisotopic (exact) mass is 399 g/mol. The fourth-order valence-corrected chi connectivity index (χ4v) is 4.81. The van der Waals surface area contributed by atoms with E-state index in [-0.39, 0.29) is 17.9 Å². The summed E-state index contributed by atoms with van der Waals surface area (Å²) in [4.78, 5) is 33.9. The fourth-order valence-electron chi connectivity index (χ4n) is 4.05. The molecule has 0 N–H and O–H groups in total. The predicted molar refractivity (Wildman–Crippen MR) is 107 cm³/mol. The Labute approximate surface area is 169 Å². The van der Waals surface area contributed by atoms with E-state index in [9.17, 15) is 9.59 Å². The van der Waals surface area contributed by atoms with Crippen molar-refractivity contribution in [3.05, 3.63) is 52.5 Å². The number of ether oxygens (including phenoxy) is 1. The molecule has 2 aliphatic heterocycles. The summed E-state index contributed by atoms with van der Waals surface area (Å²) in [6.45, 7) is 2.39. The Morgan fingerprint density at radius 2 is 2.11 bits per heavy atom. The van der Waals surface area contributed by atoms with Crippen LogP contribution in [0.1, 0.15) is 35.8 Å². The number of likely N-dealkylation sites (tertiary alicyclic amines) is 1. The number of hydrogen-bond acceptors (Lipinski definition) is 5.